The molecular weight excluding hydrogens is 325 g/mol. The van der Waals surface area contributed by atoms with E-state index in [1.165, 1.54) is 13.5 Å². The normalized spacial score (nSPS) is 17.0. The minimum absolute atomic E-state index is 0.190. The number of aliphatic imine (C=N–C) groups is 1. The quantitative estimate of drug-likeness (QED) is 0.835. The number of carbonyl (C=O) groups is 1. The van der Waals surface area contributed by atoms with Crippen molar-refractivity contribution in [3.63, 3.8) is 0 Å². The van der Waals surface area contributed by atoms with Gasteiger partial charge in [-0.05, 0) is 18.9 Å². The van der Waals surface area contributed by atoms with Crippen LogP contribution in [0, 0.1) is 0 Å². The van der Waals surface area contributed by atoms with Crippen LogP contribution in [-0.4, -0.2) is 30.4 Å². The smallest absolute Gasteiger partial charge is 0.407 e. The lowest BCUT2D eigenvalue weighted by atomic mass is 10.1. The summed E-state index contributed by atoms with van der Waals surface area (Å²) in [6.07, 6.45) is 3.90. The maximum absolute atomic E-state index is 11.4. The molecule has 1 N–H and O–H groups in total. The lowest BCUT2D eigenvalue weighted by molar-refractivity contribution is 0.203. The largest absolute Gasteiger partial charge is 0.412 e. The summed E-state index contributed by atoms with van der Waals surface area (Å²) in [5.41, 5.74) is 1.63. The average Bonchev–Trinajstić information content (AvgIpc) is 2.74. The van der Waals surface area contributed by atoms with Gasteiger partial charge in [-0.1, -0.05) is 29.6 Å². The van der Waals surface area contributed by atoms with Crippen LogP contribution in [0.15, 0.2) is 11.1 Å². The molecule has 3 rings (SSSR count). The highest BCUT2D eigenvalue weighted by molar-refractivity contribution is 6.38. The first-order valence-corrected chi connectivity index (χ1v) is 8.08. The van der Waals surface area contributed by atoms with Gasteiger partial charge in [0.1, 0.15) is 5.84 Å². The third kappa shape index (κ3) is 2.88. The second-order valence-corrected chi connectivity index (χ2v) is 6.18. The van der Waals surface area contributed by atoms with Gasteiger partial charge in [0.05, 0.1) is 15.7 Å². The summed E-state index contributed by atoms with van der Waals surface area (Å²) in [7, 11) is 1.48. The van der Waals surface area contributed by atoms with Gasteiger partial charge < -0.3 is 15.0 Å². The molecule has 5 nitrogen and oxygen atoms in total. The third-order valence-corrected chi connectivity index (χ3v) is 4.63. The molecule has 0 aliphatic carbocycles. The summed E-state index contributed by atoms with van der Waals surface area (Å²) >= 11 is 12.6. The molecule has 118 valence electrons. The number of hydrogen-bond donors (Lipinski definition) is 1. The Balaban J connectivity index is 2.01. The molecule has 0 radical (unpaired) electrons. The first-order chi connectivity index (χ1) is 10.6. The predicted molar refractivity (Wildman–Crippen MR) is 87.5 cm³/mol. The molecule has 1 amide bonds. The van der Waals surface area contributed by atoms with E-state index in [1.54, 1.807) is 6.07 Å². The van der Waals surface area contributed by atoms with Crippen LogP contribution in [0.25, 0.3) is 0 Å². The van der Waals surface area contributed by atoms with Crippen molar-refractivity contribution in [2.45, 2.75) is 32.2 Å². The highest BCUT2D eigenvalue weighted by Crippen LogP contribution is 2.44. The SMILES string of the molecule is CNC(=O)Oc1c(Cl)cc2c(c1Cl)CN1CCCCCC1=N2. The summed E-state index contributed by atoms with van der Waals surface area (Å²) in [6.45, 7) is 1.65. The minimum atomic E-state index is -0.599. The van der Waals surface area contributed by atoms with E-state index >= 15 is 0 Å². The molecule has 2 aliphatic heterocycles. The summed E-state index contributed by atoms with van der Waals surface area (Å²) in [5.74, 6) is 1.28. The molecule has 0 bridgehead atoms. The molecule has 0 unspecified atom stereocenters. The van der Waals surface area contributed by atoms with E-state index in [2.05, 4.69) is 10.2 Å². The van der Waals surface area contributed by atoms with Crippen molar-refractivity contribution in [3.05, 3.63) is 21.7 Å². The number of ether oxygens (including phenoxy) is 1. The number of nitrogens with zero attached hydrogens (tertiary/aromatic N) is 2. The van der Waals surface area contributed by atoms with Crippen molar-refractivity contribution in [3.8, 4) is 5.75 Å². The van der Waals surface area contributed by atoms with E-state index in [9.17, 15) is 4.79 Å². The zero-order valence-corrected chi connectivity index (χ0v) is 13.8. The van der Waals surface area contributed by atoms with Crippen LogP contribution < -0.4 is 10.1 Å². The molecule has 1 aromatic carbocycles. The van der Waals surface area contributed by atoms with Crippen molar-refractivity contribution in [1.82, 2.24) is 10.2 Å². The van der Waals surface area contributed by atoms with Crippen LogP contribution in [0.4, 0.5) is 10.5 Å². The zero-order chi connectivity index (χ0) is 15.7. The summed E-state index contributed by atoms with van der Waals surface area (Å²) in [4.78, 5) is 18.4. The molecule has 22 heavy (non-hydrogen) atoms. The molecule has 0 spiro atoms. The van der Waals surface area contributed by atoms with Gasteiger partial charge in [-0.3, -0.25) is 0 Å². The number of amidine groups is 1. The van der Waals surface area contributed by atoms with Crippen LogP contribution in [-0.2, 0) is 6.54 Å². The van der Waals surface area contributed by atoms with Crippen LogP contribution >= 0.6 is 23.2 Å². The van der Waals surface area contributed by atoms with Gasteiger partial charge in [-0.25, -0.2) is 9.79 Å². The summed E-state index contributed by atoms with van der Waals surface area (Å²) < 4.78 is 5.17. The standard InChI is InChI=1S/C15H17Cl2N3O2/c1-18-15(21)22-14-10(16)7-11-9(13(14)17)8-20-6-4-2-3-5-12(20)19-11/h7H,2-6,8H2,1H3,(H,18,21). The highest BCUT2D eigenvalue weighted by Gasteiger charge is 2.26. The van der Waals surface area contributed by atoms with E-state index in [1.807, 2.05) is 0 Å². The molecule has 2 heterocycles. The Bertz CT molecular complexity index is 646. The van der Waals surface area contributed by atoms with Crippen molar-refractivity contribution in [2.75, 3.05) is 13.6 Å². The summed E-state index contributed by atoms with van der Waals surface area (Å²) in [6, 6.07) is 1.72. The topological polar surface area (TPSA) is 53.9 Å². The highest BCUT2D eigenvalue weighted by atomic mass is 35.5. The molecule has 1 saturated heterocycles. The lowest BCUT2D eigenvalue weighted by Gasteiger charge is -2.30. The van der Waals surface area contributed by atoms with Gasteiger partial charge in [0.15, 0.2) is 5.75 Å². The maximum Gasteiger partial charge on any atom is 0.412 e. The van der Waals surface area contributed by atoms with Gasteiger partial charge >= 0.3 is 6.09 Å². The number of nitrogens with one attached hydrogen (secondary N) is 1. The third-order valence-electron chi connectivity index (χ3n) is 3.94. The molecule has 0 aromatic heterocycles. The van der Waals surface area contributed by atoms with E-state index < -0.39 is 6.09 Å². The number of rotatable bonds is 1. The lowest BCUT2D eigenvalue weighted by Crippen LogP contribution is -2.32. The number of carbonyl (C=O) groups excluding carboxylic acids is 1. The van der Waals surface area contributed by atoms with E-state index in [0.29, 0.717) is 16.6 Å². The number of halogens is 2. The van der Waals surface area contributed by atoms with Gasteiger partial charge in [-0.2, -0.15) is 0 Å². The fraction of sp³-hybridized carbons (Fsp3) is 0.467. The molecule has 0 saturated carbocycles. The van der Waals surface area contributed by atoms with Crippen LogP contribution in [0.5, 0.6) is 5.75 Å². The molecule has 1 aromatic rings. The molecule has 0 atom stereocenters. The van der Waals surface area contributed by atoms with Crippen LogP contribution in [0.3, 0.4) is 0 Å². The number of amides is 1. The second-order valence-electron chi connectivity index (χ2n) is 5.40. The minimum Gasteiger partial charge on any atom is -0.407 e. The molecule has 7 heteroatoms. The predicted octanol–water partition coefficient (Wildman–Crippen LogP) is 4.13. The Kier molecular flexibility index (Phi) is 4.45. The van der Waals surface area contributed by atoms with Crippen molar-refractivity contribution in [2.24, 2.45) is 4.99 Å². The Morgan fingerprint density at radius 2 is 2.18 bits per heavy atom. The second kappa shape index (κ2) is 6.34. The van der Waals surface area contributed by atoms with Gasteiger partial charge in [0.2, 0.25) is 0 Å². The first kappa shape index (κ1) is 15.4. The monoisotopic (exact) mass is 341 g/mol. The number of hydrogen-bond acceptors (Lipinski definition) is 4. The fourth-order valence-corrected chi connectivity index (χ4v) is 3.37. The Hall–Kier alpha value is -1.46. The fourth-order valence-electron chi connectivity index (χ4n) is 2.79. The van der Waals surface area contributed by atoms with Crippen molar-refractivity contribution >= 4 is 40.8 Å². The molecule has 1 fully saturated rings. The number of benzene rings is 1. The van der Waals surface area contributed by atoms with Gasteiger partial charge in [-0.15, -0.1) is 0 Å². The van der Waals surface area contributed by atoms with Gasteiger partial charge in [0, 0.05) is 32.1 Å². The first-order valence-electron chi connectivity index (χ1n) is 7.33. The van der Waals surface area contributed by atoms with Crippen LogP contribution in [0.1, 0.15) is 31.2 Å². The Labute approximate surface area is 139 Å². The van der Waals surface area contributed by atoms with Crippen LogP contribution in [0.2, 0.25) is 10.0 Å². The Morgan fingerprint density at radius 3 is 2.95 bits per heavy atom. The van der Waals surface area contributed by atoms with E-state index in [0.717, 1.165) is 42.9 Å². The van der Waals surface area contributed by atoms with Crippen molar-refractivity contribution in [1.29, 1.82) is 0 Å². The van der Waals surface area contributed by atoms with Crippen molar-refractivity contribution < 1.29 is 9.53 Å². The maximum atomic E-state index is 11.4. The Morgan fingerprint density at radius 1 is 1.36 bits per heavy atom. The number of fused-ring (bicyclic) bond motifs is 2. The molecule has 2 aliphatic rings. The van der Waals surface area contributed by atoms with E-state index in [-0.39, 0.29) is 5.75 Å². The van der Waals surface area contributed by atoms with Gasteiger partial charge in [0.25, 0.3) is 0 Å². The van der Waals surface area contributed by atoms with E-state index in [4.69, 9.17) is 32.9 Å². The zero-order valence-electron chi connectivity index (χ0n) is 12.3. The average molecular weight is 342 g/mol. The molecular formula is C15H17Cl2N3O2. The summed E-state index contributed by atoms with van der Waals surface area (Å²) in [5, 5.41) is 3.04.